The fraction of sp³-hybridized carbons (Fsp3) is 0.417. The van der Waals surface area contributed by atoms with Gasteiger partial charge in [0.15, 0.2) is 0 Å². The molecule has 18 heavy (non-hydrogen) atoms. The van der Waals surface area contributed by atoms with Gasteiger partial charge in [-0.05, 0) is 31.5 Å². The quantitative estimate of drug-likeness (QED) is 0.873. The van der Waals surface area contributed by atoms with E-state index in [1.807, 2.05) is 13.8 Å². The lowest BCUT2D eigenvalue weighted by Crippen LogP contribution is -2.16. The van der Waals surface area contributed by atoms with Gasteiger partial charge in [0.1, 0.15) is 0 Å². The van der Waals surface area contributed by atoms with E-state index in [-0.39, 0.29) is 5.75 Å². The van der Waals surface area contributed by atoms with Gasteiger partial charge in [-0.25, -0.2) is 8.42 Å². The Morgan fingerprint density at radius 1 is 1.39 bits per heavy atom. The first-order valence-corrected chi connectivity index (χ1v) is 7.62. The number of nitrogens with one attached hydrogen (secondary N) is 2. The molecule has 0 aliphatic rings. The number of sulfonamides is 1. The summed E-state index contributed by atoms with van der Waals surface area (Å²) in [5.74, 6) is 0.159. The highest BCUT2D eigenvalue weighted by Gasteiger charge is 2.10. The highest BCUT2D eigenvalue weighted by atomic mass is 32.2. The van der Waals surface area contributed by atoms with Crippen molar-refractivity contribution in [1.29, 1.82) is 0 Å². The Morgan fingerprint density at radius 3 is 2.89 bits per heavy atom. The van der Waals surface area contributed by atoms with Gasteiger partial charge in [-0.15, -0.1) is 0 Å². The number of unbranched alkanes of at least 4 members (excludes halogenated alkanes) is 1. The van der Waals surface area contributed by atoms with E-state index in [1.54, 1.807) is 18.2 Å². The summed E-state index contributed by atoms with van der Waals surface area (Å²) in [5.41, 5.74) is 2.35. The van der Waals surface area contributed by atoms with Crippen LogP contribution in [0.5, 0.6) is 0 Å². The molecule has 1 heterocycles. The molecule has 0 spiro atoms. The van der Waals surface area contributed by atoms with E-state index in [4.69, 9.17) is 0 Å². The number of hydrogen-bond donors (Lipinski definition) is 2. The topological polar surface area (TPSA) is 74.8 Å². The van der Waals surface area contributed by atoms with Crippen molar-refractivity contribution >= 4 is 26.6 Å². The normalized spacial score (nSPS) is 11.9. The number of hydrogen-bond acceptors (Lipinski definition) is 3. The Labute approximate surface area is 107 Å². The van der Waals surface area contributed by atoms with E-state index in [2.05, 4.69) is 14.9 Å². The molecule has 0 aliphatic heterocycles. The number of aryl methyl sites for hydroxylation is 1. The molecule has 0 amide bonds. The zero-order valence-electron chi connectivity index (χ0n) is 10.5. The third kappa shape index (κ3) is 2.81. The molecule has 1 aromatic carbocycles. The molecule has 0 aliphatic carbocycles. The number of benzene rings is 1. The summed E-state index contributed by atoms with van der Waals surface area (Å²) in [4.78, 5) is 0. The molecule has 1 aromatic heterocycles. The standard InChI is InChI=1S/C12H17N3O2S/c1-3-4-7-18(16,17)15-10-5-6-12-11(8-10)9(2)13-14-12/h5-6,8,15H,3-4,7H2,1-2H3,(H,13,14). The minimum atomic E-state index is -3.24. The average molecular weight is 267 g/mol. The van der Waals surface area contributed by atoms with Crippen LogP contribution >= 0.6 is 0 Å². The minimum Gasteiger partial charge on any atom is -0.284 e. The second kappa shape index (κ2) is 4.97. The Hall–Kier alpha value is -1.56. The van der Waals surface area contributed by atoms with E-state index in [9.17, 15) is 8.42 Å². The maximum atomic E-state index is 11.8. The predicted octanol–water partition coefficient (Wildman–Crippen LogP) is 2.41. The summed E-state index contributed by atoms with van der Waals surface area (Å²) in [6.07, 6.45) is 1.53. The molecule has 2 aromatic rings. The number of H-pyrrole nitrogens is 1. The molecule has 0 unspecified atom stereocenters. The summed E-state index contributed by atoms with van der Waals surface area (Å²) < 4.78 is 26.2. The molecule has 2 rings (SSSR count). The first kappa shape index (κ1) is 12.9. The Bertz CT molecular complexity index is 646. The molecule has 0 bridgehead atoms. The van der Waals surface area contributed by atoms with Crippen LogP contribution < -0.4 is 4.72 Å². The SMILES string of the molecule is CCCCS(=O)(=O)Nc1ccc2n[nH]c(C)c2c1. The van der Waals surface area contributed by atoms with Crippen LogP contribution in [0.2, 0.25) is 0 Å². The third-order valence-corrected chi connectivity index (χ3v) is 4.16. The summed E-state index contributed by atoms with van der Waals surface area (Å²) in [6.45, 7) is 3.88. The average Bonchev–Trinajstić information content (AvgIpc) is 2.68. The van der Waals surface area contributed by atoms with Crippen LogP contribution in [0, 0.1) is 6.92 Å². The van der Waals surface area contributed by atoms with Gasteiger partial charge in [-0.1, -0.05) is 13.3 Å². The van der Waals surface area contributed by atoms with E-state index >= 15 is 0 Å². The van der Waals surface area contributed by atoms with E-state index in [0.717, 1.165) is 23.0 Å². The minimum absolute atomic E-state index is 0.159. The number of rotatable bonds is 5. The number of fused-ring (bicyclic) bond motifs is 1. The second-order valence-corrected chi connectivity index (χ2v) is 6.20. The van der Waals surface area contributed by atoms with Crippen molar-refractivity contribution in [2.24, 2.45) is 0 Å². The molecule has 0 fully saturated rings. The second-order valence-electron chi connectivity index (χ2n) is 4.36. The van der Waals surface area contributed by atoms with E-state index in [1.165, 1.54) is 0 Å². The smallest absolute Gasteiger partial charge is 0.232 e. The molecule has 0 radical (unpaired) electrons. The van der Waals surface area contributed by atoms with Gasteiger partial charge >= 0.3 is 0 Å². The maximum Gasteiger partial charge on any atom is 0.232 e. The van der Waals surface area contributed by atoms with E-state index < -0.39 is 10.0 Å². The number of anilines is 1. The lowest BCUT2D eigenvalue weighted by Gasteiger charge is -2.07. The summed E-state index contributed by atoms with van der Waals surface area (Å²) in [6, 6.07) is 5.33. The van der Waals surface area contributed by atoms with Crippen LogP contribution in [-0.4, -0.2) is 24.4 Å². The lowest BCUT2D eigenvalue weighted by molar-refractivity contribution is 0.598. The van der Waals surface area contributed by atoms with Gasteiger partial charge < -0.3 is 0 Å². The van der Waals surface area contributed by atoms with Crippen LogP contribution in [0.25, 0.3) is 10.9 Å². The van der Waals surface area contributed by atoms with Crippen molar-refractivity contribution in [3.63, 3.8) is 0 Å². The van der Waals surface area contributed by atoms with Crippen molar-refractivity contribution in [3.8, 4) is 0 Å². The van der Waals surface area contributed by atoms with Crippen LogP contribution in [0.15, 0.2) is 18.2 Å². The van der Waals surface area contributed by atoms with Crippen molar-refractivity contribution in [2.45, 2.75) is 26.7 Å². The van der Waals surface area contributed by atoms with Crippen LogP contribution in [-0.2, 0) is 10.0 Å². The zero-order chi connectivity index (χ0) is 13.2. The van der Waals surface area contributed by atoms with Gasteiger partial charge in [0.25, 0.3) is 0 Å². The van der Waals surface area contributed by atoms with Crippen LogP contribution in [0.1, 0.15) is 25.5 Å². The molecule has 6 heteroatoms. The Morgan fingerprint density at radius 2 is 2.17 bits per heavy atom. The number of aromatic amines is 1. The predicted molar refractivity (Wildman–Crippen MR) is 73.1 cm³/mol. The van der Waals surface area contributed by atoms with Gasteiger partial charge in [-0.2, -0.15) is 5.10 Å². The summed E-state index contributed by atoms with van der Waals surface area (Å²) >= 11 is 0. The van der Waals surface area contributed by atoms with Crippen LogP contribution in [0.4, 0.5) is 5.69 Å². The van der Waals surface area contributed by atoms with Gasteiger partial charge in [0, 0.05) is 16.8 Å². The molecule has 5 nitrogen and oxygen atoms in total. The Balaban J connectivity index is 2.24. The number of nitrogens with zero attached hydrogens (tertiary/aromatic N) is 1. The molecule has 0 saturated heterocycles. The molecule has 0 atom stereocenters. The number of aromatic nitrogens is 2. The first-order valence-electron chi connectivity index (χ1n) is 5.97. The fourth-order valence-electron chi connectivity index (χ4n) is 1.77. The molecule has 2 N–H and O–H groups in total. The van der Waals surface area contributed by atoms with Gasteiger partial charge in [-0.3, -0.25) is 9.82 Å². The third-order valence-electron chi connectivity index (χ3n) is 2.78. The van der Waals surface area contributed by atoms with Crippen molar-refractivity contribution in [3.05, 3.63) is 23.9 Å². The largest absolute Gasteiger partial charge is 0.284 e. The fourth-order valence-corrected chi connectivity index (χ4v) is 3.02. The van der Waals surface area contributed by atoms with Gasteiger partial charge in [0.05, 0.1) is 11.3 Å². The molecule has 0 saturated carbocycles. The zero-order valence-corrected chi connectivity index (χ0v) is 11.3. The Kier molecular flexibility index (Phi) is 3.56. The molecular weight excluding hydrogens is 250 g/mol. The van der Waals surface area contributed by atoms with E-state index in [0.29, 0.717) is 12.1 Å². The van der Waals surface area contributed by atoms with Crippen LogP contribution in [0.3, 0.4) is 0 Å². The van der Waals surface area contributed by atoms with Crippen molar-refractivity contribution in [2.75, 3.05) is 10.5 Å². The molecular formula is C12H17N3O2S. The highest BCUT2D eigenvalue weighted by molar-refractivity contribution is 7.92. The monoisotopic (exact) mass is 267 g/mol. The highest BCUT2D eigenvalue weighted by Crippen LogP contribution is 2.20. The summed E-state index contributed by atoms with van der Waals surface area (Å²) in [5, 5.41) is 7.91. The maximum absolute atomic E-state index is 11.8. The summed E-state index contributed by atoms with van der Waals surface area (Å²) in [7, 11) is -3.24. The van der Waals surface area contributed by atoms with Crippen molar-refractivity contribution < 1.29 is 8.42 Å². The van der Waals surface area contributed by atoms with Crippen molar-refractivity contribution in [1.82, 2.24) is 10.2 Å². The first-order chi connectivity index (χ1) is 8.52. The lowest BCUT2D eigenvalue weighted by atomic mass is 10.2. The van der Waals surface area contributed by atoms with Gasteiger partial charge in [0.2, 0.25) is 10.0 Å². The molecule has 98 valence electrons.